The van der Waals surface area contributed by atoms with Gasteiger partial charge in [-0.2, -0.15) is 0 Å². The third kappa shape index (κ3) is 3.60. The van der Waals surface area contributed by atoms with E-state index in [0.717, 1.165) is 11.4 Å². The highest BCUT2D eigenvalue weighted by Crippen LogP contribution is 2.24. The zero-order valence-corrected chi connectivity index (χ0v) is 13.7. The van der Waals surface area contributed by atoms with Crippen molar-refractivity contribution in [2.45, 2.75) is 47.0 Å². The molecule has 2 rings (SSSR count). The van der Waals surface area contributed by atoms with Crippen LogP contribution in [0.4, 0.5) is 0 Å². The van der Waals surface area contributed by atoms with Gasteiger partial charge in [-0.15, -0.1) is 0 Å². The van der Waals surface area contributed by atoms with E-state index >= 15 is 0 Å². The Morgan fingerprint density at radius 1 is 0.952 bits per heavy atom. The zero-order valence-electron chi connectivity index (χ0n) is 13.7. The van der Waals surface area contributed by atoms with Crippen LogP contribution >= 0.6 is 0 Å². The molecule has 1 aliphatic heterocycles. The Bertz CT molecular complexity index is 608. The van der Waals surface area contributed by atoms with E-state index < -0.39 is 0 Å². The van der Waals surface area contributed by atoms with Crippen molar-refractivity contribution in [3.8, 4) is 0 Å². The van der Waals surface area contributed by atoms with Gasteiger partial charge in [-0.05, 0) is 22.6 Å². The lowest BCUT2D eigenvalue weighted by Gasteiger charge is -2.18. The normalized spacial score (nSPS) is 17.9. The van der Waals surface area contributed by atoms with E-state index in [1.807, 2.05) is 39.0 Å². The first kappa shape index (κ1) is 15.5. The van der Waals surface area contributed by atoms with Crippen LogP contribution in [0, 0.1) is 5.41 Å². The van der Waals surface area contributed by atoms with Crippen molar-refractivity contribution in [2.24, 2.45) is 10.4 Å². The number of rotatable bonds is 1. The van der Waals surface area contributed by atoms with Crippen molar-refractivity contribution in [2.75, 3.05) is 0 Å². The van der Waals surface area contributed by atoms with Crippen molar-refractivity contribution in [3.05, 3.63) is 41.1 Å². The topological polar surface area (TPSA) is 41.5 Å². The summed E-state index contributed by atoms with van der Waals surface area (Å²) in [5.74, 6) is 0.602. The molecule has 0 spiro atoms. The number of aliphatic imine (C=N–C) groups is 1. The fourth-order valence-corrected chi connectivity index (χ4v) is 2.06. The Morgan fingerprint density at radius 2 is 1.52 bits per heavy atom. The molecular weight excluding hydrogens is 260 g/mol. The maximum absolute atomic E-state index is 12.0. The highest BCUT2D eigenvalue weighted by Gasteiger charge is 2.28. The summed E-state index contributed by atoms with van der Waals surface area (Å²) in [6.07, 6.45) is 1.83. The van der Waals surface area contributed by atoms with Crippen molar-refractivity contribution < 1.29 is 4.79 Å². The first-order valence-electron chi connectivity index (χ1n) is 7.30. The standard InChI is InChI=1S/C18H24N2O/c1-17(2,3)13-9-7-12(8-10-13)11-14-15(21)20-16(19-14)18(4,5)6/h7-11H,1-6H3,(H,19,20,21)/b14-11+. The van der Waals surface area contributed by atoms with Gasteiger partial charge < -0.3 is 5.32 Å². The maximum atomic E-state index is 12.0. The molecule has 0 fully saturated rings. The average molecular weight is 284 g/mol. The highest BCUT2D eigenvalue weighted by molar-refractivity contribution is 6.15. The number of hydrogen-bond donors (Lipinski definition) is 1. The minimum absolute atomic E-state index is 0.125. The van der Waals surface area contributed by atoms with Gasteiger partial charge in [-0.1, -0.05) is 65.8 Å². The lowest BCUT2D eigenvalue weighted by molar-refractivity contribution is -0.115. The molecule has 0 saturated carbocycles. The predicted molar refractivity (Wildman–Crippen MR) is 88.2 cm³/mol. The first-order valence-corrected chi connectivity index (χ1v) is 7.30. The molecule has 112 valence electrons. The third-order valence-electron chi connectivity index (χ3n) is 3.49. The molecule has 1 heterocycles. The molecule has 1 N–H and O–H groups in total. The number of hydrogen-bond acceptors (Lipinski definition) is 2. The summed E-state index contributed by atoms with van der Waals surface area (Å²) >= 11 is 0. The Labute approximate surface area is 127 Å². The summed E-state index contributed by atoms with van der Waals surface area (Å²) in [5.41, 5.74) is 2.73. The molecule has 0 atom stereocenters. The molecule has 0 radical (unpaired) electrons. The van der Waals surface area contributed by atoms with E-state index in [4.69, 9.17) is 0 Å². The molecule has 1 amide bonds. The molecule has 3 nitrogen and oxygen atoms in total. The zero-order chi connectivity index (χ0) is 15.8. The number of carbonyl (C=O) groups is 1. The molecule has 1 aromatic rings. The molecule has 1 aromatic carbocycles. The SMILES string of the molecule is CC(C)(C)C1=N/C(=C/c2ccc(C(C)(C)C)cc2)C(=O)N1. The second-order valence-corrected chi connectivity index (χ2v) is 7.57. The molecule has 3 heteroatoms. The number of carbonyl (C=O) groups excluding carboxylic acids is 1. The average Bonchev–Trinajstić information content (AvgIpc) is 2.70. The van der Waals surface area contributed by atoms with E-state index in [1.54, 1.807) is 0 Å². The van der Waals surface area contributed by atoms with Gasteiger partial charge in [0.25, 0.3) is 5.91 Å². The fraction of sp³-hybridized carbons (Fsp3) is 0.444. The van der Waals surface area contributed by atoms with Crippen molar-refractivity contribution >= 4 is 17.8 Å². The van der Waals surface area contributed by atoms with E-state index in [-0.39, 0.29) is 16.7 Å². The van der Waals surface area contributed by atoms with Crippen LogP contribution in [-0.2, 0) is 10.2 Å². The van der Waals surface area contributed by atoms with Gasteiger partial charge in [0.15, 0.2) is 0 Å². The van der Waals surface area contributed by atoms with Gasteiger partial charge in [0.2, 0.25) is 0 Å². The number of amides is 1. The molecule has 0 unspecified atom stereocenters. The Balaban J connectivity index is 2.28. The lowest BCUT2D eigenvalue weighted by Crippen LogP contribution is -2.34. The Morgan fingerprint density at radius 3 is 1.95 bits per heavy atom. The number of benzene rings is 1. The third-order valence-corrected chi connectivity index (χ3v) is 3.49. The molecular formula is C18H24N2O. The van der Waals surface area contributed by atoms with Crippen LogP contribution in [0.2, 0.25) is 0 Å². The lowest BCUT2D eigenvalue weighted by atomic mass is 9.87. The largest absolute Gasteiger partial charge is 0.308 e. The van der Waals surface area contributed by atoms with E-state index in [0.29, 0.717) is 5.70 Å². The smallest absolute Gasteiger partial charge is 0.275 e. The molecule has 0 bridgehead atoms. The number of nitrogens with one attached hydrogen (secondary N) is 1. The van der Waals surface area contributed by atoms with Gasteiger partial charge >= 0.3 is 0 Å². The molecule has 21 heavy (non-hydrogen) atoms. The first-order chi connectivity index (χ1) is 9.57. The molecule has 1 aliphatic rings. The summed E-state index contributed by atoms with van der Waals surface area (Å²) < 4.78 is 0. The van der Waals surface area contributed by atoms with Crippen LogP contribution in [0.1, 0.15) is 52.7 Å². The van der Waals surface area contributed by atoms with Gasteiger partial charge in [0.05, 0.1) is 0 Å². The summed E-state index contributed by atoms with van der Waals surface area (Å²) in [7, 11) is 0. The molecule has 0 aromatic heterocycles. The predicted octanol–water partition coefficient (Wildman–Crippen LogP) is 3.90. The summed E-state index contributed by atoms with van der Waals surface area (Å²) in [6.45, 7) is 12.7. The van der Waals surface area contributed by atoms with Crippen molar-refractivity contribution in [1.29, 1.82) is 0 Å². The van der Waals surface area contributed by atoms with Gasteiger partial charge in [-0.3, -0.25) is 4.79 Å². The van der Waals surface area contributed by atoms with Crippen molar-refractivity contribution in [1.82, 2.24) is 5.32 Å². The van der Waals surface area contributed by atoms with E-state index in [9.17, 15) is 4.79 Å². The second kappa shape index (κ2) is 5.14. The maximum Gasteiger partial charge on any atom is 0.275 e. The van der Waals surface area contributed by atoms with Gasteiger partial charge in [0, 0.05) is 5.41 Å². The summed E-state index contributed by atoms with van der Waals surface area (Å²) in [6, 6.07) is 8.28. The van der Waals surface area contributed by atoms with Gasteiger partial charge in [-0.25, -0.2) is 4.99 Å². The van der Waals surface area contributed by atoms with Crippen LogP contribution in [-0.4, -0.2) is 11.7 Å². The fourth-order valence-electron chi connectivity index (χ4n) is 2.06. The van der Waals surface area contributed by atoms with E-state index in [2.05, 4.69) is 43.2 Å². The monoisotopic (exact) mass is 284 g/mol. The minimum atomic E-state index is -0.151. The van der Waals surface area contributed by atoms with E-state index in [1.165, 1.54) is 5.56 Å². The summed E-state index contributed by atoms with van der Waals surface area (Å²) in [4.78, 5) is 16.4. The van der Waals surface area contributed by atoms with Crippen LogP contribution in [0.25, 0.3) is 6.08 Å². The van der Waals surface area contributed by atoms with Crippen molar-refractivity contribution in [3.63, 3.8) is 0 Å². The Kier molecular flexibility index (Phi) is 3.79. The van der Waals surface area contributed by atoms with Crippen LogP contribution in [0.15, 0.2) is 35.0 Å². The number of amidine groups is 1. The molecule has 0 aliphatic carbocycles. The Hall–Kier alpha value is -1.90. The minimum Gasteiger partial charge on any atom is -0.308 e. The number of nitrogens with zero attached hydrogens (tertiary/aromatic N) is 1. The van der Waals surface area contributed by atoms with Crippen LogP contribution in [0.5, 0.6) is 0 Å². The van der Waals surface area contributed by atoms with Crippen LogP contribution in [0.3, 0.4) is 0 Å². The van der Waals surface area contributed by atoms with Gasteiger partial charge in [0.1, 0.15) is 11.5 Å². The second-order valence-electron chi connectivity index (χ2n) is 7.57. The van der Waals surface area contributed by atoms with Crippen LogP contribution < -0.4 is 5.32 Å². The molecule has 0 saturated heterocycles. The summed E-state index contributed by atoms with van der Waals surface area (Å²) in [5, 5.41) is 2.84. The quantitative estimate of drug-likeness (QED) is 0.781. The highest BCUT2D eigenvalue weighted by atomic mass is 16.2.